The molecule has 4 nitrogen and oxygen atoms in total. The molecule has 0 N–H and O–H groups in total. The Morgan fingerprint density at radius 1 is 0.500 bits per heavy atom. The summed E-state index contributed by atoms with van der Waals surface area (Å²) < 4.78 is 4.94. The number of rotatable bonds is 3. The van der Waals surface area contributed by atoms with Gasteiger partial charge in [0.05, 0.1) is 27.9 Å². The molecule has 0 fully saturated rings. The first kappa shape index (κ1) is 31.8. The zero-order valence-corrected chi connectivity index (χ0v) is 32.1. The summed E-state index contributed by atoms with van der Waals surface area (Å²) in [5, 5.41) is 3.81. The fraction of sp³-hybridized carbons (Fsp3) is 0.154. The van der Waals surface area contributed by atoms with Crippen LogP contribution in [0.4, 0.5) is 0 Å². The van der Waals surface area contributed by atoms with Crippen molar-refractivity contribution in [1.82, 2.24) is 19.1 Å². The van der Waals surface area contributed by atoms with Crippen molar-refractivity contribution < 1.29 is 0 Å². The van der Waals surface area contributed by atoms with Gasteiger partial charge >= 0.3 is 0 Å². The second-order valence-electron chi connectivity index (χ2n) is 17.0. The third kappa shape index (κ3) is 4.14. The SMILES string of the molecule is CC1(C)c2ccc(-n3c4c(c5cc(-c6ccc7c(c6)c6ccccc6n7-c6ccc7c(c6)-c6ncccc6C7(C)C)ccc53)C=CCC4)cc2-c2ncccc21. The summed E-state index contributed by atoms with van der Waals surface area (Å²) >= 11 is 0. The van der Waals surface area contributed by atoms with Crippen LogP contribution in [0.5, 0.6) is 0 Å². The van der Waals surface area contributed by atoms with Crippen LogP contribution in [0.3, 0.4) is 0 Å². The maximum absolute atomic E-state index is 4.88. The molecule has 4 heterocycles. The number of fused-ring (bicyclic) bond motifs is 12. The van der Waals surface area contributed by atoms with Crippen LogP contribution in [0.15, 0.2) is 140 Å². The minimum Gasteiger partial charge on any atom is -0.313 e. The van der Waals surface area contributed by atoms with Crippen molar-refractivity contribution in [3.63, 3.8) is 0 Å². The lowest BCUT2D eigenvalue weighted by Gasteiger charge is -2.21. The Morgan fingerprint density at radius 2 is 1.07 bits per heavy atom. The van der Waals surface area contributed by atoms with Gasteiger partial charge in [-0.3, -0.25) is 9.97 Å². The van der Waals surface area contributed by atoms with Crippen LogP contribution in [-0.4, -0.2) is 19.1 Å². The Kier molecular flexibility index (Phi) is 6.27. The molecular formula is C52H40N4. The van der Waals surface area contributed by atoms with E-state index in [1.165, 1.54) is 94.2 Å². The first-order chi connectivity index (χ1) is 27.3. The number of hydrogen-bond donors (Lipinski definition) is 0. The van der Waals surface area contributed by atoms with E-state index in [4.69, 9.17) is 9.97 Å². The molecule has 0 spiro atoms. The average molecular weight is 721 g/mol. The number of allylic oxidation sites excluding steroid dienone is 1. The largest absolute Gasteiger partial charge is 0.313 e. The summed E-state index contributed by atoms with van der Waals surface area (Å²) in [6.45, 7) is 9.25. The van der Waals surface area contributed by atoms with Crippen molar-refractivity contribution >= 4 is 38.8 Å². The summed E-state index contributed by atoms with van der Waals surface area (Å²) in [5.41, 5.74) is 21.0. The highest BCUT2D eigenvalue weighted by Crippen LogP contribution is 2.50. The number of benzene rings is 5. The van der Waals surface area contributed by atoms with Gasteiger partial charge in [0, 0.05) is 73.1 Å². The quantitative estimate of drug-likeness (QED) is 0.182. The van der Waals surface area contributed by atoms with Gasteiger partial charge in [0.15, 0.2) is 0 Å². The van der Waals surface area contributed by atoms with E-state index >= 15 is 0 Å². The molecule has 0 saturated heterocycles. The summed E-state index contributed by atoms with van der Waals surface area (Å²) in [6, 6.07) is 45.5. The average Bonchev–Trinajstić information content (AvgIpc) is 3.89. The van der Waals surface area contributed by atoms with Crippen molar-refractivity contribution in [2.45, 2.75) is 51.4 Å². The van der Waals surface area contributed by atoms with E-state index in [-0.39, 0.29) is 10.8 Å². The van der Waals surface area contributed by atoms with Gasteiger partial charge in [-0.2, -0.15) is 0 Å². The highest BCUT2D eigenvalue weighted by Gasteiger charge is 2.38. The monoisotopic (exact) mass is 720 g/mol. The highest BCUT2D eigenvalue weighted by atomic mass is 15.0. The third-order valence-corrected chi connectivity index (χ3v) is 13.3. The van der Waals surface area contributed by atoms with E-state index < -0.39 is 0 Å². The van der Waals surface area contributed by atoms with Gasteiger partial charge in [0.25, 0.3) is 0 Å². The summed E-state index contributed by atoms with van der Waals surface area (Å²) in [7, 11) is 0. The van der Waals surface area contributed by atoms with Crippen LogP contribution in [-0.2, 0) is 17.3 Å². The topological polar surface area (TPSA) is 35.6 Å². The van der Waals surface area contributed by atoms with Gasteiger partial charge < -0.3 is 9.13 Å². The van der Waals surface area contributed by atoms with Crippen LogP contribution in [0.1, 0.15) is 67.6 Å². The molecule has 0 radical (unpaired) electrons. The van der Waals surface area contributed by atoms with Gasteiger partial charge in [-0.25, -0.2) is 0 Å². The molecule has 12 rings (SSSR count). The van der Waals surface area contributed by atoms with Gasteiger partial charge in [-0.15, -0.1) is 0 Å². The molecule has 9 aromatic rings. The predicted molar refractivity (Wildman–Crippen MR) is 231 cm³/mol. The first-order valence-electron chi connectivity index (χ1n) is 19.9. The highest BCUT2D eigenvalue weighted by molar-refractivity contribution is 6.11. The van der Waals surface area contributed by atoms with Crippen molar-refractivity contribution in [2.24, 2.45) is 0 Å². The Balaban J connectivity index is 1.00. The van der Waals surface area contributed by atoms with Crippen LogP contribution in [0.2, 0.25) is 0 Å². The predicted octanol–water partition coefficient (Wildman–Crippen LogP) is 12.8. The third-order valence-electron chi connectivity index (χ3n) is 13.3. The zero-order valence-electron chi connectivity index (χ0n) is 32.1. The van der Waals surface area contributed by atoms with E-state index in [9.17, 15) is 0 Å². The smallest absolute Gasteiger partial charge is 0.0746 e. The first-order valence-corrected chi connectivity index (χ1v) is 19.9. The van der Waals surface area contributed by atoms with E-state index in [0.717, 1.165) is 29.9 Å². The molecular weight excluding hydrogens is 681 g/mol. The van der Waals surface area contributed by atoms with Gasteiger partial charge in [0.1, 0.15) is 0 Å². The zero-order chi connectivity index (χ0) is 37.5. The molecule has 0 atom stereocenters. The normalized spacial score (nSPS) is 15.6. The molecule has 4 heteroatoms. The molecule has 0 saturated carbocycles. The maximum Gasteiger partial charge on any atom is 0.0746 e. The lowest BCUT2D eigenvalue weighted by molar-refractivity contribution is 0.658. The van der Waals surface area contributed by atoms with Gasteiger partial charge in [-0.05, 0) is 113 Å². The minimum absolute atomic E-state index is 0.0668. The molecule has 56 heavy (non-hydrogen) atoms. The molecule has 0 unspecified atom stereocenters. The van der Waals surface area contributed by atoms with Crippen LogP contribution in [0.25, 0.3) is 83.8 Å². The molecule has 0 aliphatic heterocycles. The molecule has 5 aromatic carbocycles. The van der Waals surface area contributed by atoms with Gasteiger partial charge in [0.2, 0.25) is 0 Å². The fourth-order valence-electron chi connectivity index (χ4n) is 10.5. The van der Waals surface area contributed by atoms with Crippen molar-refractivity contribution in [3.05, 3.63) is 173 Å². The lowest BCUT2D eigenvalue weighted by atomic mass is 9.83. The molecule has 4 aromatic heterocycles. The summed E-state index contributed by atoms with van der Waals surface area (Å²) in [4.78, 5) is 9.74. The Morgan fingerprint density at radius 3 is 1.73 bits per heavy atom. The summed E-state index contributed by atoms with van der Waals surface area (Å²) in [5.74, 6) is 0. The van der Waals surface area contributed by atoms with Crippen molar-refractivity contribution in [1.29, 1.82) is 0 Å². The Hall–Kier alpha value is -6.52. The molecule has 3 aliphatic rings. The van der Waals surface area contributed by atoms with Crippen LogP contribution in [0, 0.1) is 0 Å². The number of hydrogen-bond acceptors (Lipinski definition) is 2. The minimum atomic E-state index is -0.0771. The maximum atomic E-state index is 4.88. The molecule has 3 aliphatic carbocycles. The number of aromatic nitrogens is 4. The number of para-hydroxylation sites is 1. The van der Waals surface area contributed by atoms with Crippen LogP contribution < -0.4 is 0 Å². The molecule has 268 valence electrons. The Labute approximate surface area is 326 Å². The standard InChI is InChI=1S/C52H40N4/c1-51(2)41-21-19-33(29-39(41)49-43(51)13-9-25-53-49)55-45-15-7-5-11-35(45)37-27-31(17-23-47(37)55)32-18-24-48-38(28-32)36-12-6-8-16-46(36)56(48)34-20-22-42-40(30-34)50-44(52(42,3)4)14-10-26-54-50/h5-7,9-15,17-30H,8,16H2,1-4H3. The van der Waals surface area contributed by atoms with Gasteiger partial charge in [-0.1, -0.05) is 94.4 Å². The van der Waals surface area contributed by atoms with E-state index in [1.807, 2.05) is 12.4 Å². The van der Waals surface area contributed by atoms with Crippen molar-refractivity contribution in [2.75, 3.05) is 0 Å². The van der Waals surface area contributed by atoms with E-state index in [0.29, 0.717) is 0 Å². The second kappa shape index (κ2) is 11.0. The number of pyridine rings is 2. The summed E-state index contributed by atoms with van der Waals surface area (Å²) in [6.07, 6.45) is 10.6. The van der Waals surface area contributed by atoms with E-state index in [2.05, 4.69) is 170 Å². The fourth-order valence-corrected chi connectivity index (χ4v) is 10.5. The van der Waals surface area contributed by atoms with Crippen molar-refractivity contribution in [3.8, 4) is 45.0 Å². The second-order valence-corrected chi connectivity index (χ2v) is 17.0. The van der Waals surface area contributed by atoms with E-state index in [1.54, 1.807) is 0 Å². The lowest BCUT2D eigenvalue weighted by Crippen LogP contribution is -2.15. The molecule has 0 bridgehead atoms. The Bertz CT molecular complexity index is 3200. The number of nitrogens with zero attached hydrogens (tertiary/aromatic N) is 4. The van der Waals surface area contributed by atoms with Crippen LogP contribution >= 0.6 is 0 Å². The molecule has 0 amide bonds.